The van der Waals surface area contributed by atoms with Crippen molar-refractivity contribution in [3.05, 3.63) is 16.1 Å². The zero-order valence-electron chi connectivity index (χ0n) is 11.7. The first kappa shape index (κ1) is 14.0. The molecular weight excluding hydrogens is 244 g/mol. The minimum atomic E-state index is 0.116. The summed E-state index contributed by atoms with van der Waals surface area (Å²) in [4.78, 5) is 4.78. The van der Waals surface area contributed by atoms with Crippen LogP contribution in [0.2, 0.25) is 0 Å². The van der Waals surface area contributed by atoms with Crippen molar-refractivity contribution >= 4 is 11.3 Å². The van der Waals surface area contributed by atoms with Crippen LogP contribution in [-0.4, -0.2) is 24.7 Å². The van der Waals surface area contributed by atoms with E-state index in [0.717, 1.165) is 32.5 Å². The smallest absolute Gasteiger partial charge is 0.0935 e. The van der Waals surface area contributed by atoms with Crippen molar-refractivity contribution in [3.8, 4) is 0 Å². The molecule has 3 nitrogen and oxygen atoms in total. The van der Waals surface area contributed by atoms with E-state index in [-0.39, 0.29) is 10.8 Å². The predicted molar refractivity (Wildman–Crippen MR) is 76.1 cm³/mol. The van der Waals surface area contributed by atoms with Crippen LogP contribution in [0.5, 0.6) is 0 Å². The van der Waals surface area contributed by atoms with Crippen molar-refractivity contribution in [2.75, 3.05) is 19.8 Å². The van der Waals surface area contributed by atoms with Gasteiger partial charge in [0.2, 0.25) is 0 Å². The van der Waals surface area contributed by atoms with Crippen LogP contribution in [0.4, 0.5) is 0 Å². The predicted octanol–water partition coefficient (Wildman–Crippen LogP) is 2.74. The molecule has 1 saturated heterocycles. The van der Waals surface area contributed by atoms with Crippen molar-refractivity contribution in [1.82, 2.24) is 4.98 Å². The molecule has 2 rings (SSSR count). The molecule has 18 heavy (non-hydrogen) atoms. The van der Waals surface area contributed by atoms with Gasteiger partial charge in [0.1, 0.15) is 0 Å². The summed E-state index contributed by atoms with van der Waals surface area (Å²) in [5.74, 6) is 0. The molecule has 0 aliphatic carbocycles. The summed E-state index contributed by atoms with van der Waals surface area (Å²) in [6.45, 7) is 8.97. The van der Waals surface area contributed by atoms with E-state index < -0.39 is 0 Å². The van der Waals surface area contributed by atoms with Gasteiger partial charge in [-0.3, -0.25) is 0 Å². The molecule has 1 aromatic rings. The topological polar surface area (TPSA) is 48.1 Å². The Balaban J connectivity index is 2.10. The van der Waals surface area contributed by atoms with Gasteiger partial charge in [-0.15, -0.1) is 11.3 Å². The molecule has 0 amide bonds. The van der Waals surface area contributed by atoms with Crippen molar-refractivity contribution in [3.63, 3.8) is 0 Å². The summed E-state index contributed by atoms with van der Waals surface area (Å²) >= 11 is 1.76. The second kappa shape index (κ2) is 5.27. The molecule has 0 saturated carbocycles. The second-order valence-electron chi connectivity index (χ2n) is 6.41. The summed E-state index contributed by atoms with van der Waals surface area (Å²) in [6.07, 6.45) is 3.24. The van der Waals surface area contributed by atoms with Crippen molar-refractivity contribution in [1.29, 1.82) is 0 Å². The summed E-state index contributed by atoms with van der Waals surface area (Å²) in [6, 6.07) is 0. The standard InChI is InChI=1S/C14H24N2OS/c1-13(2,3)11-8-18-12(16-11)7-14(9-15)5-4-6-17-10-14/h8H,4-7,9-10,15H2,1-3H3. The fourth-order valence-corrected chi connectivity index (χ4v) is 3.53. The normalized spacial score (nSPS) is 25.3. The van der Waals surface area contributed by atoms with Crippen LogP contribution >= 0.6 is 11.3 Å². The maximum Gasteiger partial charge on any atom is 0.0935 e. The van der Waals surface area contributed by atoms with Crippen molar-refractivity contribution < 1.29 is 4.74 Å². The highest BCUT2D eigenvalue weighted by molar-refractivity contribution is 7.09. The number of hydrogen-bond acceptors (Lipinski definition) is 4. The van der Waals surface area contributed by atoms with Crippen LogP contribution < -0.4 is 5.73 Å². The maximum absolute atomic E-state index is 5.98. The van der Waals surface area contributed by atoms with E-state index in [1.165, 1.54) is 10.7 Å². The summed E-state index contributed by atoms with van der Waals surface area (Å²) in [5.41, 5.74) is 7.41. The molecule has 1 aliphatic heterocycles. The molecule has 1 fully saturated rings. The van der Waals surface area contributed by atoms with Crippen LogP contribution in [-0.2, 0) is 16.6 Å². The van der Waals surface area contributed by atoms with Crippen LogP contribution in [0, 0.1) is 5.41 Å². The molecular formula is C14H24N2OS. The molecule has 1 atom stereocenters. The highest BCUT2D eigenvalue weighted by atomic mass is 32.1. The fraction of sp³-hybridized carbons (Fsp3) is 0.786. The summed E-state index contributed by atoms with van der Waals surface area (Å²) in [7, 11) is 0. The molecule has 1 aliphatic rings. The number of rotatable bonds is 3. The Bertz CT molecular complexity index is 389. The third-order valence-corrected chi connectivity index (χ3v) is 4.53. The van der Waals surface area contributed by atoms with Gasteiger partial charge in [-0.05, 0) is 12.8 Å². The monoisotopic (exact) mass is 268 g/mol. The number of ether oxygens (including phenoxy) is 1. The van der Waals surface area contributed by atoms with E-state index in [0.29, 0.717) is 6.54 Å². The largest absolute Gasteiger partial charge is 0.381 e. The molecule has 1 aromatic heterocycles. The summed E-state index contributed by atoms with van der Waals surface area (Å²) in [5, 5.41) is 3.39. The van der Waals surface area contributed by atoms with E-state index in [2.05, 4.69) is 26.2 Å². The molecule has 102 valence electrons. The van der Waals surface area contributed by atoms with Gasteiger partial charge in [0.15, 0.2) is 0 Å². The average Bonchev–Trinajstić information content (AvgIpc) is 2.78. The van der Waals surface area contributed by atoms with E-state index in [1.807, 2.05) is 0 Å². The quantitative estimate of drug-likeness (QED) is 0.917. The highest BCUT2D eigenvalue weighted by Gasteiger charge is 2.33. The molecule has 1 unspecified atom stereocenters. The Hall–Kier alpha value is -0.450. The number of thiazole rings is 1. The Morgan fingerprint density at radius 3 is 2.78 bits per heavy atom. The molecule has 0 radical (unpaired) electrons. The highest BCUT2D eigenvalue weighted by Crippen LogP contribution is 2.33. The van der Waals surface area contributed by atoms with E-state index >= 15 is 0 Å². The van der Waals surface area contributed by atoms with Gasteiger partial charge < -0.3 is 10.5 Å². The summed E-state index contributed by atoms with van der Waals surface area (Å²) < 4.78 is 5.62. The van der Waals surface area contributed by atoms with E-state index in [4.69, 9.17) is 15.5 Å². The lowest BCUT2D eigenvalue weighted by atomic mass is 9.80. The number of aromatic nitrogens is 1. The zero-order chi connectivity index (χ0) is 13.2. The minimum Gasteiger partial charge on any atom is -0.381 e. The average molecular weight is 268 g/mol. The van der Waals surface area contributed by atoms with E-state index in [1.54, 1.807) is 11.3 Å². The van der Waals surface area contributed by atoms with Gasteiger partial charge in [-0.1, -0.05) is 20.8 Å². The van der Waals surface area contributed by atoms with Gasteiger partial charge in [-0.2, -0.15) is 0 Å². The first-order valence-electron chi connectivity index (χ1n) is 6.68. The lowest BCUT2D eigenvalue weighted by Crippen LogP contribution is -2.40. The lowest BCUT2D eigenvalue weighted by Gasteiger charge is -2.35. The maximum atomic E-state index is 5.98. The lowest BCUT2D eigenvalue weighted by molar-refractivity contribution is -0.00268. The van der Waals surface area contributed by atoms with Gasteiger partial charge in [0.25, 0.3) is 0 Å². The Labute approximate surface area is 114 Å². The van der Waals surface area contributed by atoms with Gasteiger partial charge in [0, 0.05) is 35.8 Å². The third kappa shape index (κ3) is 3.11. The molecule has 0 aromatic carbocycles. The first-order chi connectivity index (χ1) is 8.45. The van der Waals surface area contributed by atoms with Gasteiger partial charge in [0.05, 0.1) is 17.3 Å². The third-order valence-electron chi connectivity index (χ3n) is 3.68. The van der Waals surface area contributed by atoms with Crippen LogP contribution in [0.3, 0.4) is 0 Å². The first-order valence-corrected chi connectivity index (χ1v) is 7.56. The zero-order valence-corrected chi connectivity index (χ0v) is 12.5. The number of nitrogens with two attached hydrogens (primary N) is 1. The van der Waals surface area contributed by atoms with E-state index in [9.17, 15) is 0 Å². The number of hydrogen-bond donors (Lipinski definition) is 1. The molecule has 2 N–H and O–H groups in total. The van der Waals surface area contributed by atoms with Crippen molar-refractivity contribution in [2.45, 2.75) is 45.4 Å². The Kier molecular flexibility index (Phi) is 4.09. The molecule has 2 heterocycles. The van der Waals surface area contributed by atoms with Crippen molar-refractivity contribution in [2.24, 2.45) is 11.1 Å². The van der Waals surface area contributed by atoms with Gasteiger partial charge in [-0.25, -0.2) is 4.98 Å². The Morgan fingerprint density at radius 1 is 1.50 bits per heavy atom. The minimum absolute atomic E-state index is 0.116. The molecule has 0 bridgehead atoms. The van der Waals surface area contributed by atoms with Crippen LogP contribution in [0.15, 0.2) is 5.38 Å². The SMILES string of the molecule is CC(C)(C)c1csc(CC2(CN)CCCOC2)n1. The molecule has 0 spiro atoms. The number of nitrogens with zero attached hydrogens (tertiary/aromatic N) is 1. The van der Waals surface area contributed by atoms with Crippen LogP contribution in [0.25, 0.3) is 0 Å². The van der Waals surface area contributed by atoms with Crippen LogP contribution in [0.1, 0.15) is 44.3 Å². The Morgan fingerprint density at radius 2 is 2.28 bits per heavy atom. The second-order valence-corrected chi connectivity index (χ2v) is 7.36. The fourth-order valence-electron chi connectivity index (χ4n) is 2.34. The van der Waals surface area contributed by atoms with Gasteiger partial charge >= 0.3 is 0 Å². The molecule has 4 heteroatoms.